The van der Waals surface area contributed by atoms with Crippen molar-refractivity contribution in [3.05, 3.63) is 35.9 Å². The van der Waals surface area contributed by atoms with Crippen LogP contribution >= 0.6 is 0 Å². The molecule has 3 amide bonds. The van der Waals surface area contributed by atoms with Crippen molar-refractivity contribution in [2.45, 2.75) is 19.6 Å². The molecule has 0 saturated heterocycles. The summed E-state index contributed by atoms with van der Waals surface area (Å²) < 4.78 is 5.26. The summed E-state index contributed by atoms with van der Waals surface area (Å²) in [5.74, 6) is -0.287. The maximum Gasteiger partial charge on any atom is 0.331 e. The Morgan fingerprint density at radius 3 is 2.44 bits per heavy atom. The highest BCUT2D eigenvalue weighted by Crippen LogP contribution is 2.20. The predicted molar refractivity (Wildman–Crippen MR) is 66.0 cm³/mol. The summed E-state index contributed by atoms with van der Waals surface area (Å²) in [6.45, 7) is 1.69. The van der Waals surface area contributed by atoms with Crippen LogP contribution in [0.5, 0.6) is 0 Å². The number of primary amides is 1. The van der Waals surface area contributed by atoms with Gasteiger partial charge in [-0.05, 0) is 0 Å². The molecule has 0 aliphatic rings. The third-order valence-electron chi connectivity index (χ3n) is 2.34. The predicted octanol–water partition coefficient (Wildman–Crippen LogP) is 1.15. The molecular formula is C12H17N3O3. The van der Waals surface area contributed by atoms with Gasteiger partial charge in [-0.3, -0.25) is 4.79 Å². The Hall–Kier alpha value is -2.08. The average molecular weight is 251 g/mol. The molecule has 18 heavy (non-hydrogen) atoms. The number of hydrogen-bond acceptors (Lipinski definition) is 3. The number of ether oxygens (including phenoxy) is 1. The van der Waals surface area contributed by atoms with Crippen LogP contribution in [0.1, 0.15) is 25.1 Å². The summed E-state index contributed by atoms with van der Waals surface area (Å²) in [4.78, 5) is 22.7. The van der Waals surface area contributed by atoms with Crippen molar-refractivity contribution >= 4 is 11.9 Å². The van der Waals surface area contributed by atoms with Gasteiger partial charge < -0.3 is 10.5 Å². The maximum atomic E-state index is 11.8. The van der Waals surface area contributed by atoms with E-state index in [0.29, 0.717) is 0 Å². The van der Waals surface area contributed by atoms with E-state index < -0.39 is 12.3 Å². The SMILES string of the molecule is CCC(=O)N(NC(N)=O)C(OC)c1ccccc1. The highest BCUT2D eigenvalue weighted by Gasteiger charge is 2.25. The van der Waals surface area contributed by atoms with Crippen molar-refractivity contribution in [3.63, 3.8) is 0 Å². The van der Waals surface area contributed by atoms with Crippen molar-refractivity contribution in [1.29, 1.82) is 0 Å². The quantitative estimate of drug-likeness (QED) is 0.622. The Balaban J connectivity index is 3.00. The molecule has 1 rings (SSSR count). The van der Waals surface area contributed by atoms with Crippen LogP contribution in [-0.2, 0) is 9.53 Å². The third-order valence-corrected chi connectivity index (χ3v) is 2.34. The number of nitrogens with one attached hydrogen (secondary N) is 1. The number of benzene rings is 1. The van der Waals surface area contributed by atoms with E-state index in [2.05, 4.69) is 5.43 Å². The third kappa shape index (κ3) is 3.46. The molecule has 0 radical (unpaired) electrons. The minimum Gasteiger partial charge on any atom is -0.355 e. The van der Waals surface area contributed by atoms with Gasteiger partial charge >= 0.3 is 6.03 Å². The van der Waals surface area contributed by atoms with Crippen LogP contribution in [0, 0.1) is 0 Å². The molecule has 1 unspecified atom stereocenters. The normalized spacial score (nSPS) is 11.7. The molecule has 1 atom stereocenters. The number of carbonyl (C=O) groups is 2. The Labute approximate surface area is 106 Å². The highest BCUT2D eigenvalue weighted by molar-refractivity contribution is 5.80. The van der Waals surface area contributed by atoms with Crippen molar-refractivity contribution < 1.29 is 14.3 Å². The van der Waals surface area contributed by atoms with E-state index in [1.165, 1.54) is 7.11 Å². The summed E-state index contributed by atoms with van der Waals surface area (Å²) in [6, 6.07) is 8.28. The fourth-order valence-electron chi connectivity index (χ4n) is 1.55. The topological polar surface area (TPSA) is 84.7 Å². The molecule has 0 aromatic heterocycles. The van der Waals surface area contributed by atoms with Crippen LogP contribution in [0.3, 0.4) is 0 Å². The second-order valence-electron chi connectivity index (χ2n) is 3.59. The van der Waals surface area contributed by atoms with Gasteiger partial charge in [-0.2, -0.15) is 0 Å². The second-order valence-corrected chi connectivity index (χ2v) is 3.59. The number of carbonyl (C=O) groups excluding carboxylic acids is 2. The van der Waals surface area contributed by atoms with Gasteiger partial charge in [0.05, 0.1) is 0 Å². The van der Waals surface area contributed by atoms with Gasteiger partial charge in [0.1, 0.15) is 0 Å². The Morgan fingerprint density at radius 2 is 2.00 bits per heavy atom. The van der Waals surface area contributed by atoms with Crippen molar-refractivity contribution in [2.24, 2.45) is 5.73 Å². The number of hydrazine groups is 1. The molecular weight excluding hydrogens is 234 g/mol. The summed E-state index contributed by atoms with van der Waals surface area (Å²) in [5.41, 5.74) is 8.08. The first-order valence-electron chi connectivity index (χ1n) is 5.56. The summed E-state index contributed by atoms with van der Waals surface area (Å²) in [5, 5.41) is 1.09. The molecule has 0 heterocycles. The lowest BCUT2D eigenvalue weighted by atomic mass is 10.2. The van der Waals surface area contributed by atoms with E-state index in [0.717, 1.165) is 10.6 Å². The maximum absolute atomic E-state index is 11.8. The highest BCUT2D eigenvalue weighted by atomic mass is 16.5. The van der Waals surface area contributed by atoms with Gasteiger partial charge in [0, 0.05) is 19.1 Å². The van der Waals surface area contributed by atoms with Gasteiger partial charge in [0.15, 0.2) is 6.23 Å². The molecule has 0 aliphatic carbocycles. The van der Waals surface area contributed by atoms with E-state index in [1.807, 2.05) is 18.2 Å². The first-order chi connectivity index (χ1) is 8.60. The molecule has 0 spiro atoms. The fraction of sp³-hybridized carbons (Fsp3) is 0.333. The molecule has 6 heteroatoms. The smallest absolute Gasteiger partial charge is 0.331 e. The fourth-order valence-corrected chi connectivity index (χ4v) is 1.55. The number of nitrogens with two attached hydrogens (primary N) is 1. The first-order valence-corrected chi connectivity index (χ1v) is 5.56. The number of rotatable bonds is 4. The Morgan fingerprint density at radius 1 is 1.39 bits per heavy atom. The van der Waals surface area contributed by atoms with E-state index in [1.54, 1.807) is 19.1 Å². The summed E-state index contributed by atoms with van der Waals surface area (Å²) >= 11 is 0. The van der Waals surface area contributed by atoms with Gasteiger partial charge in [0.25, 0.3) is 0 Å². The molecule has 3 N–H and O–H groups in total. The van der Waals surface area contributed by atoms with Gasteiger partial charge in [-0.1, -0.05) is 37.3 Å². The lowest BCUT2D eigenvalue weighted by Gasteiger charge is -2.30. The average Bonchev–Trinajstić information content (AvgIpc) is 2.38. The van der Waals surface area contributed by atoms with E-state index in [4.69, 9.17) is 10.5 Å². The Bertz CT molecular complexity index is 408. The summed E-state index contributed by atoms with van der Waals surface area (Å²) in [6.07, 6.45) is -0.473. The molecule has 98 valence electrons. The lowest BCUT2D eigenvalue weighted by Crippen LogP contribution is -2.50. The molecule has 0 fully saturated rings. The van der Waals surface area contributed by atoms with Gasteiger partial charge in [-0.15, -0.1) is 0 Å². The molecule has 6 nitrogen and oxygen atoms in total. The van der Waals surface area contributed by atoms with Crippen LogP contribution in [0.2, 0.25) is 0 Å². The van der Waals surface area contributed by atoms with E-state index in [9.17, 15) is 9.59 Å². The zero-order chi connectivity index (χ0) is 13.5. The molecule has 1 aromatic rings. The Kier molecular flexibility index (Phi) is 5.13. The van der Waals surface area contributed by atoms with E-state index >= 15 is 0 Å². The minimum absolute atomic E-state index is 0.229. The molecule has 0 aliphatic heterocycles. The number of nitrogens with zero attached hydrogens (tertiary/aromatic N) is 1. The van der Waals surface area contributed by atoms with Crippen molar-refractivity contribution in [2.75, 3.05) is 7.11 Å². The minimum atomic E-state index is -0.810. The van der Waals surface area contributed by atoms with Crippen LogP contribution in [0.25, 0.3) is 0 Å². The summed E-state index contributed by atoms with van der Waals surface area (Å²) in [7, 11) is 1.45. The largest absolute Gasteiger partial charge is 0.355 e. The lowest BCUT2D eigenvalue weighted by molar-refractivity contribution is -0.149. The number of urea groups is 1. The van der Waals surface area contributed by atoms with E-state index in [-0.39, 0.29) is 12.3 Å². The number of amides is 3. The first kappa shape index (κ1) is 14.0. The second kappa shape index (κ2) is 6.61. The van der Waals surface area contributed by atoms with Crippen LogP contribution < -0.4 is 11.2 Å². The van der Waals surface area contributed by atoms with Gasteiger partial charge in [-0.25, -0.2) is 15.2 Å². The number of methoxy groups -OCH3 is 1. The van der Waals surface area contributed by atoms with Crippen molar-refractivity contribution in [3.8, 4) is 0 Å². The monoisotopic (exact) mass is 251 g/mol. The van der Waals surface area contributed by atoms with Crippen LogP contribution in [-0.4, -0.2) is 24.1 Å². The van der Waals surface area contributed by atoms with Gasteiger partial charge in [0.2, 0.25) is 5.91 Å². The molecule has 0 saturated carbocycles. The molecule has 1 aromatic carbocycles. The standard InChI is InChI=1S/C12H17N3O3/c1-3-10(16)15(14-12(13)17)11(18-2)9-7-5-4-6-8-9/h4-8,11H,3H2,1-2H3,(H3,13,14,17). The zero-order valence-corrected chi connectivity index (χ0v) is 10.4. The molecule has 0 bridgehead atoms. The van der Waals surface area contributed by atoms with Crippen LogP contribution in [0.15, 0.2) is 30.3 Å². The van der Waals surface area contributed by atoms with Crippen molar-refractivity contribution in [1.82, 2.24) is 10.4 Å². The number of hydrogen-bond donors (Lipinski definition) is 2. The van der Waals surface area contributed by atoms with Crippen LogP contribution in [0.4, 0.5) is 4.79 Å². The zero-order valence-electron chi connectivity index (χ0n) is 10.4.